The summed E-state index contributed by atoms with van der Waals surface area (Å²) in [5, 5.41) is 13.9. The number of halogens is 1. The molecule has 2 bridgehead atoms. The molecule has 2 fully saturated rings. The zero-order chi connectivity index (χ0) is 22.4. The molecule has 2 unspecified atom stereocenters. The highest BCUT2D eigenvalue weighted by molar-refractivity contribution is 5.74. The molecule has 32 heavy (non-hydrogen) atoms. The summed E-state index contributed by atoms with van der Waals surface area (Å²) in [6.45, 7) is 0. The lowest BCUT2D eigenvalue weighted by Crippen LogP contribution is -2.55. The number of anilines is 1. The Kier molecular flexibility index (Phi) is 5.17. The second kappa shape index (κ2) is 8.02. The fourth-order valence-electron chi connectivity index (χ4n) is 4.82. The lowest BCUT2D eigenvalue weighted by Gasteiger charge is -2.38. The number of pyridine rings is 1. The molecule has 4 heterocycles. The first kappa shape index (κ1) is 20.6. The van der Waals surface area contributed by atoms with E-state index in [-0.39, 0.29) is 23.4 Å². The normalized spacial score (nSPS) is 24.5. The van der Waals surface area contributed by atoms with Crippen molar-refractivity contribution in [1.29, 1.82) is 0 Å². The van der Waals surface area contributed by atoms with Crippen LogP contribution in [-0.2, 0) is 7.05 Å². The maximum atomic E-state index is 14.9. The summed E-state index contributed by atoms with van der Waals surface area (Å²) in [5.41, 5.74) is 2.42. The summed E-state index contributed by atoms with van der Waals surface area (Å²) in [5.74, 6) is 0.663. The maximum Gasteiger partial charge on any atom is 0.250 e. The van der Waals surface area contributed by atoms with Crippen molar-refractivity contribution in [2.75, 3.05) is 11.9 Å². The van der Waals surface area contributed by atoms with Crippen molar-refractivity contribution >= 4 is 5.82 Å². The average Bonchev–Trinajstić information content (AvgIpc) is 3.21. The van der Waals surface area contributed by atoms with E-state index in [4.69, 9.17) is 0 Å². The minimum Gasteiger partial charge on any atom is -0.507 e. The van der Waals surface area contributed by atoms with Gasteiger partial charge in [0.2, 0.25) is 0 Å². The minimum atomic E-state index is -0.938. The van der Waals surface area contributed by atoms with Gasteiger partial charge in [-0.1, -0.05) is 6.07 Å². The van der Waals surface area contributed by atoms with Crippen molar-refractivity contribution < 1.29 is 9.50 Å². The zero-order valence-corrected chi connectivity index (χ0v) is 18.1. The first-order valence-corrected chi connectivity index (χ1v) is 10.9. The molecule has 0 saturated carbocycles. The molecule has 0 aliphatic carbocycles. The van der Waals surface area contributed by atoms with Gasteiger partial charge in [0.25, 0.3) is 5.56 Å². The molecule has 5 rings (SSSR count). The zero-order valence-electron chi connectivity index (χ0n) is 18.1. The monoisotopic (exact) mass is 435 g/mol. The van der Waals surface area contributed by atoms with Crippen LogP contribution in [0.15, 0.2) is 53.7 Å². The van der Waals surface area contributed by atoms with Crippen LogP contribution in [-0.4, -0.2) is 51.0 Å². The van der Waals surface area contributed by atoms with E-state index < -0.39 is 6.17 Å². The highest BCUT2D eigenvalue weighted by Gasteiger charge is 2.43. The van der Waals surface area contributed by atoms with E-state index in [0.29, 0.717) is 23.1 Å². The number of aromatic hydroxyl groups is 1. The van der Waals surface area contributed by atoms with Crippen molar-refractivity contribution in [2.45, 2.75) is 43.6 Å². The second-order valence-electron chi connectivity index (χ2n) is 8.76. The van der Waals surface area contributed by atoms with E-state index >= 15 is 0 Å². The fraction of sp³-hybridized carbons (Fsp3) is 0.375. The Labute approximate surface area is 185 Å². The molecule has 3 aromatic rings. The summed E-state index contributed by atoms with van der Waals surface area (Å²) >= 11 is 0. The summed E-state index contributed by atoms with van der Waals surface area (Å²) in [6, 6.07) is 8.64. The standard InChI is InChI=1S/C24H26FN5O2/c1-29-8-7-15(10-23(29)32)14-3-5-17(21(31)9-14)19-12-27-22(13-26-19)30(2)20-11-16-4-6-18(28-16)24(20)25/h3,5,7-10,12-13,16,18,20,24,28,31H,4,6,11H2,1-2H3/t16?,18?,20-,24+/m1/s1. The van der Waals surface area contributed by atoms with Gasteiger partial charge in [-0.25, -0.2) is 9.37 Å². The van der Waals surface area contributed by atoms with Gasteiger partial charge in [-0.05, 0) is 48.6 Å². The number of hydrogen-bond donors (Lipinski definition) is 2. The van der Waals surface area contributed by atoms with Crippen LogP contribution in [0.5, 0.6) is 5.75 Å². The number of benzene rings is 1. The van der Waals surface area contributed by atoms with Crippen LogP contribution in [0, 0.1) is 0 Å². The molecule has 4 atom stereocenters. The predicted octanol–water partition coefficient (Wildman–Crippen LogP) is 2.88. The molecule has 2 saturated heterocycles. The summed E-state index contributed by atoms with van der Waals surface area (Å²) in [6.07, 6.45) is 6.64. The van der Waals surface area contributed by atoms with Crippen LogP contribution in [0.3, 0.4) is 0 Å². The molecular formula is C24H26FN5O2. The van der Waals surface area contributed by atoms with E-state index in [1.807, 2.05) is 24.1 Å². The minimum absolute atomic E-state index is 0.0531. The SMILES string of the molecule is CN(c1cnc(-c2ccc(-c3ccn(C)c(=O)c3)cc2O)cn1)[C@@H]1CC2CCC(N2)[C@@H]1F. The van der Waals surface area contributed by atoms with E-state index in [9.17, 15) is 14.3 Å². The van der Waals surface area contributed by atoms with Crippen molar-refractivity contribution in [3.8, 4) is 28.1 Å². The number of hydrogen-bond acceptors (Lipinski definition) is 6. The third kappa shape index (κ3) is 3.64. The number of nitrogens with zero attached hydrogens (tertiary/aromatic N) is 4. The van der Waals surface area contributed by atoms with Crippen molar-refractivity contribution in [1.82, 2.24) is 19.9 Å². The number of aryl methyl sites for hydroxylation is 1. The topological polar surface area (TPSA) is 83.3 Å². The fourth-order valence-corrected chi connectivity index (χ4v) is 4.82. The van der Waals surface area contributed by atoms with Crippen LogP contribution in [0.2, 0.25) is 0 Å². The number of fused-ring (bicyclic) bond motifs is 2. The van der Waals surface area contributed by atoms with Crippen molar-refractivity contribution in [3.63, 3.8) is 0 Å². The van der Waals surface area contributed by atoms with Gasteiger partial charge >= 0.3 is 0 Å². The Bertz CT molecular complexity index is 1200. The van der Waals surface area contributed by atoms with Crippen molar-refractivity contribution in [3.05, 3.63) is 59.3 Å². The van der Waals surface area contributed by atoms with E-state index in [0.717, 1.165) is 30.4 Å². The highest BCUT2D eigenvalue weighted by atomic mass is 19.1. The molecule has 0 amide bonds. The predicted molar refractivity (Wildman–Crippen MR) is 121 cm³/mol. The van der Waals surface area contributed by atoms with Crippen LogP contribution >= 0.6 is 0 Å². The molecule has 7 nitrogen and oxygen atoms in total. The van der Waals surface area contributed by atoms with E-state index in [2.05, 4.69) is 15.3 Å². The quantitative estimate of drug-likeness (QED) is 0.656. The Morgan fingerprint density at radius 3 is 2.69 bits per heavy atom. The van der Waals surface area contributed by atoms with Gasteiger partial charge in [-0.3, -0.25) is 9.78 Å². The van der Waals surface area contributed by atoms with Crippen LogP contribution in [0.1, 0.15) is 19.3 Å². The Morgan fingerprint density at radius 2 is 1.97 bits per heavy atom. The third-order valence-electron chi connectivity index (χ3n) is 6.76. The molecule has 0 spiro atoms. The number of rotatable bonds is 4. The van der Waals surface area contributed by atoms with Crippen molar-refractivity contribution in [2.24, 2.45) is 7.05 Å². The third-order valence-corrected chi connectivity index (χ3v) is 6.76. The van der Waals surface area contributed by atoms with E-state index in [1.165, 1.54) is 10.6 Å². The lowest BCUT2D eigenvalue weighted by atomic mass is 9.96. The lowest BCUT2D eigenvalue weighted by molar-refractivity contribution is 0.176. The first-order valence-electron chi connectivity index (χ1n) is 10.9. The average molecular weight is 436 g/mol. The molecule has 1 aromatic carbocycles. The Balaban J connectivity index is 1.37. The number of aromatic nitrogens is 3. The largest absolute Gasteiger partial charge is 0.507 e. The summed E-state index contributed by atoms with van der Waals surface area (Å²) in [7, 11) is 3.55. The van der Waals surface area contributed by atoms with Gasteiger partial charge in [0, 0.05) is 44.0 Å². The number of nitrogens with one attached hydrogen (secondary N) is 1. The summed E-state index contributed by atoms with van der Waals surface area (Å²) < 4.78 is 16.4. The highest BCUT2D eigenvalue weighted by Crippen LogP contribution is 2.34. The van der Waals surface area contributed by atoms with E-state index in [1.54, 1.807) is 37.8 Å². The first-order chi connectivity index (χ1) is 15.4. The number of phenolic OH excluding ortho intramolecular Hbond substituents is 1. The van der Waals surface area contributed by atoms with Crippen LogP contribution < -0.4 is 15.8 Å². The smallest absolute Gasteiger partial charge is 0.250 e. The van der Waals surface area contributed by atoms with Gasteiger partial charge < -0.3 is 19.9 Å². The van der Waals surface area contributed by atoms with Gasteiger partial charge in [-0.2, -0.15) is 0 Å². The molecule has 2 aliphatic rings. The number of piperidine rings is 1. The molecule has 2 aromatic heterocycles. The molecule has 166 valence electrons. The molecule has 0 radical (unpaired) electrons. The molecule has 2 N–H and O–H groups in total. The Morgan fingerprint density at radius 1 is 1.16 bits per heavy atom. The van der Waals surface area contributed by atoms with Gasteiger partial charge in [0.1, 0.15) is 17.7 Å². The van der Waals surface area contributed by atoms with Gasteiger partial charge in [0.05, 0.1) is 24.1 Å². The maximum absolute atomic E-state index is 14.9. The van der Waals surface area contributed by atoms with Crippen LogP contribution in [0.4, 0.5) is 10.2 Å². The number of phenols is 1. The number of alkyl halides is 1. The van der Waals surface area contributed by atoms with Crippen LogP contribution in [0.25, 0.3) is 22.4 Å². The molecular weight excluding hydrogens is 409 g/mol. The second-order valence-corrected chi connectivity index (χ2v) is 8.76. The Hall–Kier alpha value is -3.26. The summed E-state index contributed by atoms with van der Waals surface area (Å²) in [4.78, 5) is 22.8. The molecule has 2 aliphatic heterocycles. The molecule has 8 heteroatoms. The van der Waals surface area contributed by atoms with Gasteiger partial charge in [-0.15, -0.1) is 0 Å². The van der Waals surface area contributed by atoms with Gasteiger partial charge in [0.15, 0.2) is 0 Å².